The number of hydrogen-bond acceptors (Lipinski definition) is 3. The fraction of sp³-hybridized carbons (Fsp3) is 0.429. The highest BCUT2D eigenvalue weighted by atomic mass is 16.2. The van der Waals surface area contributed by atoms with Gasteiger partial charge in [-0.2, -0.15) is 0 Å². The van der Waals surface area contributed by atoms with Gasteiger partial charge < -0.3 is 16.0 Å². The number of nitrogens with one attached hydrogen (secondary N) is 3. The van der Waals surface area contributed by atoms with Gasteiger partial charge in [-0.3, -0.25) is 9.59 Å². The molecule has 1 aliphatic heterocycles. The molecule has 1 atom stereocenters. The summed E-state index contributed by atoms with van der Waals surface area (Å²) in [4.78, 5) is 23.7. The first kappa shape index (κ1) is 13.5. The van der Waals surface area contributed by atoms with Crippen LogP contribution in [0.1, 0.15) is 20.3 Å². The Balaban J connectivity index is 1.88. The summed E-state index contributed by atoms with van der Waals surface area (Å²) < 4.78 is 0. The van der Waals surface area contributed by atoms with Gasteiger partial charge in [-0.05, 0) is 26.0 Å². The standard InChI is InChI=1S/C14H19N3O2/c1-14(2)9-15-11(13(19)17-14)8-12(18)16-10-6-4-3-5-7-10/h3-7,11,15H,8-9H2,1-2H3,(H,16,18)(H,17,19). The highest BCUT2D eigenvalue weighted by Crippen LogP contribution is 2.10. The average Bonchev–Trinajstić information content (AvgIpc) is 2.33. The molecule has 0 radical (unpaired) electrons. The van der Waals surface area contributed by atoms with Gasteiger partial charge in [-0.15, -0.1) is 0 Å². The number of amides is 2. The highest BCUT2D eigenvalue weighted by Gasteiger charge is 2.33. The second-order valence-electron chi connectivity index (χ2n) is 5.42. The Morgan fingerprint density at radius 1 is 1.37 bits per heavy atom. The number of anilines is 1. The minimum Gasteiger partial charge on any atom is -0.349 e. The number of carbonyl (C=O) groups excluding carboxylic acids is 2. The number of benzene rings is 1. The quantitative estimate of drug-likeness (QED) is 0.756. The number of piperazine rings is 1. The van der Waals surface area contributed by atoms with Crippen molar-refractivity contribution in [3.8, 4) is 0 Å². The number of para-hydroxylation sites is 1. The molecular weight excluding hydrogens is 242 g/mol. The first-order valence-electron chi connectivity index (χ1n) is 6.37. The van der Waals surface area contributed by atoms with Crippen molar-refractivity contribution in [2.45, 2.75) is 31.8 Å². The van der Waals surface area contributed by atoms with Crippen LogP contribution in [-0.2, 0) is 9.59 Å². The van der Waals surface area contributed by atoms with Crippen molar-refractivity contribution >= 4 is 17.5 Å². The Bertz CT molecular complexity index is 471. The summed E-state index contributed by atoms with van der Waals surface area (Å²) in [7, 11) is 0. The first-order chi connectivity index (χ1) is 8.96. The zero-order valence-electron chi connectivity index (χ0n) is 11.2. The van der Waals surface area contributed by atoms with Crippen LogP contribution in [0.4, 0.5) is 5.69 Å². The van der Waals surface area contributed by atoms with E-state index in [9.17, 15) is 9.59 Å². The first-order valence-corrected chi connectivity index (χ1v) is 6.37. The summed E-state index contributed by atoms with van der Waals surface area (Å²) >= 11 is 0. The van der Waals surface area contributed by atoms with E-state index in [-0.39, 0.29) is 23.8 Å². The molecule has 102 valence electrons. The van der Waals surface area contributed by atoms with E-state index in [1.807, 2.05) is 44.2 Å². The molecule has 1 unspecified atom stereocenters. The molecule has 5 nitrogen and oxygen atoms in total. The van der Waals surface area contributed by atoms with Crippen molar-refractivity contribution in [3.05, 3.63) is 30.3 Å². The van der Waals surface area contributed by atoms with E-state index >= 15 is 0 Å². The minimum absolute atomic E-state index is 0.125. The van der Waals surface area contributed by atoms with Gasteiger partial charge >= 0.3 is 0 Å². The molecule has 1 saturated heterocycles. The van der Waals surface area contributed by atoms with E-state index in [0.717, 1.165) is 5.69 Å². The molecular formula is C14H19N3O2. The zero-order valence-corrected chi connectivity index (χ0v) is 11.2. The molecule has 0 saturated carbocycles. The maximum Gasteiger partial charge on any atom is 0.238 e. The van der Waals surface area contributed by atoms with Crippen molar-refractivity contribution in [2.75, 3.05) is 11.9 Å². The molecule has 0 aliphatic carbocycles. The highest BCUT2D eigenvalue weighted by molar-refractivity contribution is 5.95. The largest absolute Gasteiger partial charge is 0.349 e. The predicted molar refractivity (Wildman–Crippen MR) is 73.7 cm³/mol. The topological polar surface area (TPSA) is 70.2 Å². The van der Waals surface area contributed by atoms with E-state index in [1.165, 1.54) is 0 Å². The maximum atomic E-state index is 11.9. The van der Waals surface area contributed by atoms with Crippen LogP contribution < -0.4 is 16.0 Å². The lowest BCUT2D eigenvalue weighted by molar-refractivity contribution is -0.129. The number of carbonyl (C=O) groups is 2. The van der Waals surface area contributed by atoms with Crippen LogP contribution in [0.15, 0.2) is 30.3 Å². The summed E-state index contributed by atoms with van der Waals surface area (Å²) in [6.45, 7) is 4.54. The Hall–Kier alpha value is -1.88. The molecule has 2 amide bonds. The SMILES string of the molecule is CC1(C)CNC(CC(=O)Nc2ccccc2)C(=O)N1. The molecule has 3 N–H and O–H groups in total. The maximum absolute atomic E-state index is 11.9. The Labute approximate surface area is 112 Å². The summed E-state index contributed by atoms with van der Waals surface area (Å²) in [6.07, 6.45) is 0.136. The van der Waals surface area contributed by atoms with Crippen molar-refractivity contribution in [3.63, 3.8) is 0 Å². The summed E-state index contributed by atoms with van der Waals surface area (Å²) in [6, 6.07) is 8.75. The smallest absolute Gasteiger partial charge is 0.238 e. The fourth-order valence-corrected chi connectivity index (χ4v) is 2.02. The van der Waals surface area contributed by atoms with Gasteiger partial charge in [-0.1, -0.05) is 18.2 Å². The molecule has 1 fully saturated rings. The lowest BCUT2D eigenvalue weighted by Crippen LogP contribution is -2.63. The van der Waals surface area contributed by atoms with Gasteiger partial charge in [-0.25, -0.2) is 0 Å². The summed E-state index contributed by atoms with van der Waals surface area (Å²) in [5.41, 5.74) is 0.479. The molecule has 1 aromatic rings. The number of hydrogen-bond donors (Lipinski definition) is 3. The van der Waals surface area contributed by atoms with Crippen molar-refractivity contribution in [2.24, 2.45) is 0 Å². The van der Waals surface area contributed by atoms with Gasteiger partial charge in [0.1, 0.15) is 0 Å². The van der Waals surface area contributed by atoms with Crippen LogP contribution in [0, 0.1) is 0 Å². The van der Waals surface area contributed by atoms with Gasteiger partial charge in [0, 0.05) is 17.8 Å². The molecule has 5 heteroatoms. The lowest BCUT2D eigenvalue weighted by Gasteiger charge is -2.35. The Kier molecular flexibility index (Phi) is 3.85. The molecule has 0 spiro atoms. The third-order valence-electron chi connectivity index (χ3n) is 3.02. The molecule has 0 aromatic heterocycles. The van der Waals surface area contributed by atoms with Crippen LogP contribution in [0.25, 0.3) is 0 Å². The third-order valence-corrected chi connectivity index (χ3v) is 3.02. The van der Waals surface area contributed by atoms with E-state index in [1.54, 1.807) is 0 Å². The minimum atomic E-state index is -0.461. The van der Waals surface area contributed by atoms with Crippen molar-refractivity contribution < 1.29 is 9.59 Å². The van der Waals surface area contributed by atoms with Gasteiger partial charge in [0.05, 0.1) is 12.5 Å². The molecule has 0 bridgehead atoms. The van der Waals surface area contributed by atoms with Gasteiger partial charge in [0.2, 0.25) is 11.8 Å². The van der Waals surface area contributed by atoms with E-state index in [0.29, 0.717) is 6.54 Å². The fourth-order valence-electron chi connectivity index (χ4n) is 2.02. The molecule has 2 rings (SSSR count). The number of rotatable bonds is 3. The Morgan fingerprint density at radius 3 is 2.68 bits per heavy atom. The average molecular weight is 261 g/mol. The van der Waals surface area contributed by atoms with Gasteiger partial charge in [0.15, 0.2) is 0 Å². The molecule has 1 aliphatic rings. The Morgan fingerprint density at radius 2 is 2.05 bits per heavy atom. The predicted octanol–water partition coefficient (Wildman–Crippen LogP) is 0.882. The summed E-state index contributed by atoms with van der Waals surface area (Å²) in [5, 5.41) is 8.77. The summed E-state index contributed by atoms with van der Waals surface area (Å²) in [5.74, 6) is -0.294. The monoisotopic (exact) mass is 261 g/mol. The van der Waals surface area contributed by atoms with Crippen LogP contribution in [0.2, 0.25) is 0 Å². The molecule has 1 aromatic carbocycles. The normalized spacial score (nSPS) is 21.6. The van der Waals surface area contributed by atoms with Crippen LogP contribution in [0.3, 0.4) is 0 Å². The van der Waals surface area contributed by atoms with Crippen molar-refractivity contribution in [1.29, 1.82) is 0 Å². The van der Waals surface area contributed by atoms with Crippen LogP contribution in [0.5, 0.6) is 0 Å². The lowest BCUT2D eigenvalue weighted by atomic mass is 9.99. The van der Waals surface area contributed by atoms with Gasteiger partial charge in [0.25, 0.3) is 0 Å². The van der Waals surface area contributed by atoms with E-state index in [2.05, 4.69) is 16.0 Å². The van der Waals surface area contributed by atoms with Crippen LogP contribution in [-0.4, -0.2) is 29.9 Å². The third kappa shape index (κ3) is 3.79. The second-order valence-corrected chi connectivity index (χ2v) is 5.42. The van der Waals surface area contributed by atoms with E-state index < -0.39 is 6.04 Å². The second kappa shape index (κ2) is 5.40. The van der Waals surface area contributed by atoms with Crippen LogP contribution >= 0.6 is 0 Å². The van der Waals surface area contributed by atoms with Crippen molar-refractivity contribution in [1.82, 2.24) is 10.6 Å². The molecule has 1 heterocycles. The zero-order chi connectivity index (χ0) is 13.9. The van der Waals surface area contributed by atoms with E-state index in [4.69, 9.17) is 0 Å². The molecule has 19 heavy (non-hydrogen) atoms.